The van der Waals surface area contributed by atoms with Crippen molar-refractivity contribution in [2.24, 2.45) is 0 Å². The minimum absolute atomic E-state index is 0.0780. The molecule has 0 aromatic heterocycles. The molecule has 6 heteroatoms. The molecule has 0 aliphatic carbocycles. The summed E-state index contributed by atoms with van der Waals surface area (Å²) in [6.07, 6.45) is 0.842. The zero-order valence-corrected chi connectivity index (χ0v) is 10.7. The second-order valence-electron chi connectivity index (χ2n) is 4.33. The maximum absolute atomic E-state index is 13.4. The van der Waals surface area contributed by atoms with Gasteiger partial charge in [0.1, 0.15) is 5.82 Å². The number of amides is 4. The molecule has 0 atom stereocenters. The predicted octanol–water partition coefficient (Wildman–Crippen LogP) is 2.51. The highest BCUT2D eigenvalue weighted by atomic mass is 19.1. The second-order valence-corrected chi connectivity index (χ2v) is 4.33. The summed E-state index contributed by atoms with van der Waals surface area (Å²) in [6.45, 7) is 3.45. The van der Waals surface area contributed by atoms with Gasteiger partial charge in [-0.05, 0) is 18.6 Å². The molecule has 1 heterocycles. The summed E-state index contributed by atoms with van der Waals surface area (Å²) in [5, 5.41) is 2.41. The number of imide groups is 1. The Hall–Kier alpha value is -2.11. The first-order valence-corrected chi connectivity index (χ1v) is 6.25. The van der Waals surface area contributed by atoms with Crippen LogP contribution in [0.3, 0.4) is 0 Å². The summed E-state index contributed by atoms with van der Waals surface area (Å²) >= 11 is 0. The molecule has 0 bridgehead atoms. The fourth-order valence-electron chi connectivity index (χ4n) is 1.99. The van der Waals surface area contributed by atoms with E-state index in [1.165, 1.54) is 18.2 Å². The van der Waals surface area contributed by atoms with Crippen LogP contribution in [0.2, 0.25) is 0 Å². The van der Waals surface area contributed by atoms with E-state index >= 15 is 0 Å². The Morgan fingerprint density at radius 3 is 2.79 bits per heavy atom. The first-order valence-electron chi connectivity index (χ1n) is 6.25. The van der Waals surface area contributed by atoms with Gasteiger partial charge in [-0.2, -0.15) is 0 Å². The van der Waals surface area contributed by atoms with Crippen LogP contribution in [0.15, 0.2) is 24.3 Å². The molecule has 1 aromatic carbocycles. The maximum atomic E-state index is 13.4. The van der Waals surface area contributed by atoms with Crippen LogP contribution >= 0.6 is 0 Å². The number of nitrogens with zero attached hydrogens (tertiary/aromatic N) is 2. The highest BCUT2D eigenvalue weighted by molar-refractivity contribution is 6.01. The molecule has 1 saturated heterocycles. The molecule has 5 nitrogen and oxygen atoms in total. The number of carbonyl (C=O) groups is 2. The van der Waals surface area contributed by atoms with Crippen molar-refractivity contribution in [2.75, 3.05) is 25.0 Å². The van der Waals surface area contributed by atoms with E-state index in [-0.39, 0.29) is 11.7 Å². The fourth-order valence-corrected chi connectivity index (χ4v) is 1.99. The van der Waals surface area contributed by atoms with Crippen molar-refractivity contribution in [3.05, 3.63) is 30.1 Å². The van der Waals surface area contributed by atoms with Crippen LogP contribution in [0.4, 0.5) is 19.7 Å². The Bertz CT molecular complexity index is 493. The zero-order chi connectivity index (χ0) is 13.8. The van der Waals surface area contributed by atoms with Crippen molar-refractivity contribution in [1.82, 2.24) is 9.80 Å². The van der Waals surface area contributed by atoms with Gasteiger partial charge in [-0.3, -0.25) is 0 Å². The van der Waals surface area contributed by atoms with Gasteiger partial charge < -0.3 is 10.2 Å². The summed E-state index contributed by atoms with van der Waals surface area (Å²) in [7, 11) is 0. The maximum Gasteiger partial charge on any atom is 0.330 e. The smallest absolute Gasteiger partial charge is 0.322 e. The van der Waals surface area contributed by atoms with Gasteiger partial charge >= 0.3 is 12.1 Å². The summed E-state index contributed by atoms with van der Waals surface area (Å²) in [4.78, 5) is 26.5. The quantitative estimate of drug-likeness (QED) is 0.913. The van der Waals surface area contributed by atoms with Crippen LogP contribution in [0.1, 0.15) is 13.3 Å². The highest BCUT2D eigenvalue weighted by Crippen LogP contribution is 2.15. The monoisotopic (exact) mass is 265 g/mol. The lowest BCUT2D eigenvalue weighted by molar-refractivity contribution is 0.190. The molecule has 1 aliphatic rings. The Kier molecular flexibility index (Phi) is 3.99. The third kappa shape index (κ3) is 2.83. The molecule has 2 rings (SSSR count). The number of rotatable bonds is 3. The van der Waals surface area contributed by atoms with E-state index in [4.69, 9.17) is 0 Å². The molecular weight excluding hydrogens is 249 g/mol. The normalized spacial score (nSPS) is 14.9. The molecule has 0 radical (unpaired) electrons. The molecule has 1 aliphatic heterocycles. The van der Waals surface area contributed by atoms with Crippen LogP contribution in [0, 0.1) is 5.82 Å². The average Bonchev–Trinajstić information content (AvgIpc) is 2.75. The molecule has 1 fully saturated rings. The van der Waals surface area contributed by atoms with E-state index in [2.05, 4.69) is 5.32 Å². The lowest BCUT2D eigenvalue weighted by Crippen LogP contribution is -2.39. The Labute approximate surface area is 111 Å². The number of para-hydroxylation sites is 1. The van der Waals surface area contributed by atoms with Crippen LogP contribution in [-0.4, -0.2) is 41.5 Å². The SMILES string of the molecule is CCCN1CCN(C(=O)Nc2ccccc2F)C1=O. The summed E-state index contributed by atoms with van der Waals surface area (Å²) < 4.78 is 13.4. The van der Waals surface area contributed by atoms with Gasteiger partial charge in [0.25, 0.3) is 0 Å². The van der Waals surface area contributed by atoms with Gasteiger partial charge in [0, 0.05) is 19.6 Å². The van der Waals surface area contributed by atoms with Crippen molar-refractivity contribution >= 4 is 17.7 Å². The summed E-state index contributed by atoms with van der Waals surface area (Å²) in [5.74, 6) is -0.520. The highest BCUT2D eigenvalue weighted by Gasteiger charge is 2.32. The number of carbonyl (C=O) groups excluding carboxylic acids is 2. The van der Waals surface area contributed by atoms with Crippen molar-refractivity contribution < 1.29 is 14.0 Å². The Balaban J connectivity index is 2.02. The van der Waals surface area contributed by atoms with Crippen LogP contribution in [-0.2, 0) is 0 Å². The molecule has 19 heavy (non-hydrogen) atoms. The molecule has 0 unspecified atom stereocenters. The number of anilines is 1. The van der Waals surface area contributed by atoms with E-state index in [0.717, 1.165) is 11.3 Å². The number of hydrogen-bond donors (Lipinski definition) is 1. The summed E-state index contributed by atoms with van der Waals surface area (Å²) in [6, 6.07) is 4.95. The van der Waals surface area contributed by atoms with Gasteiger partial charge in [-0.25, -0.2) is 18.9 Å². The van der Waals surface area contributed by atoms with E-state index in [0.29, 0.717) is 19.6 Å². The average molecular weight is 265 g/mol. The first-order chi connectivity index (χ1) is 9.13. The molecule has 4 amide bonds. The lowest BCUT2D eigenvalue weighted by Gasteiger charge is -2.17. The van der Waals surface area contributed by atoms with E-state index < -0.39 is 11.8 Å². The van der Waals surface area contributed by atoms with Crippen molar-refractivity contribution in [3.63, 3.8) is 0 Å². The van der Waals surface area contributed by atoms with Crippen LogP contribution in [0.25, 0.3) is 0 Å². The molecule has 1 aromatic rings. The van der Waals surface area contributed by atoms with Crippen LogP contribution < -0.4 is 5.32 Å². The Morgan fingerprint density at radius 1 is 1.37 bits per heavy atom. The molecule has 0 spiro atoms. The van der Waals surface area contributed by atoms with Crippen molar-refractivity contribution in [3.8, 4) is 0 Å². The number of urea groups is 2. The third-order valence-electron chi connectivity index (χ3n) is 2.95. The number of halogens is 1. The zero-order valence-electron chi connectivity index (χ0n) is 10.7. The molecule has 1 N–H and O–H groups in total. The standard InChI is InChI=1S/C13H16FN3O2/c1-2-7-16-8-9-17(13(16)19)12(18)15-11-6-4-3-5-10(11)14/h3-6H,2,7-9H2,1H3,(H,15,18). The first kappa shape index (κ1) is 13.3. The predicted molar refractivity (Wildman–Crippen MR) is 69.4 cm³/mol. The van der Waals surface area contributed by atoms with Crippen molar-refractivity contribution in [1.29, 1.82) is 0 Å². The largest absolute Gasteiger partial charge is 0.330 e. The van der Waals surface area contributed by atoms with E-state index in [1.807, 2.05) is 6.92 Å². The van der Waals surface area contributed by atoms with Gasteiger partial charge in [-0.1, -0.05) is 19.1 Å². The molecular formula is C13H16FN3O2. The topological polar surface area (TPSA) is 52.6 Å². The van der Waals surface area contributed by atoms with Gasteiger partial charge in [-0.15, -0.1) is 0 Å². The minimum atomic E-state index is -0.589. The summed E-state index contributed by atoms with van der Waals surface area (Å²) in [5.41, 5.74) is 0.0780. The van der Waals surface area contributed by atoms with Crippen LogP contribution in [0.5, 0.6) is 0 Å². The lowest BCUT2D eigenvalue weighted by atomic mass is 10.3. The minimum Gasteiger partial charge on any atom is -0.322 e. The molecule has 102 valence electrons. The van der Waals surface area contributed by atoms with Gasteiger partial charge in [0.2, 0.25) is 0 Å². The Morgan fingerprint density at radius 2 is 2.11 bits per heavy atom. The fraction of sp³-hybridized carbons (Fsp3) is 0.385. The number of hydrogen-bond acceptors (Lipinski definition) is 2. The van der Waals surface area contributed by atoms with Crippen molar-refractivity contribution in [2.45, 2.75) is 13.3 Å². The van der Waals surface area contributed by atoms with E-state index in [9.17, 15) is 14.0 Å². The van der Waals surface area contributed by atoms with Gasteiger partial charge in [0.15, 0.2) is 0 Å². The van der Waals surface area contributed by atoms with E-state index in [1.54, 1.807) is 11.0 Å². The second kappa shape index (κ2) is 5.69. The third-order valence-corrected chi connectivity index (χ3v) is 2.95. The number of nitrogens with one attached hydrogen (secondary N) is 1. The number of benzene rings is 1. The molecule has 0 saturated carbocycles. The van der Waals surface area contributed by atoms with Gasteiger partial charge in [0.05, 0.1) is 5.69 Å².